The van der Waals surface area contributed by atoms with Crippen LogP contribution in [0.2, 0.25) is 12.0 Å². The van der Waals surface area contributed by atoms with Crippen LogP contribution in [0.5, 0.6) is 0 Å². The van der Waals surface area contributed by atoms with Gasteiger partial charge in [0, 0.05) is 0 Å². The first-order chi connectivity index (χ1) is 8.02. The summed E-state index contributed by atoms with van der Waals surface area (Å²) in [7, 11) is 0. The van der Waals surface area contributed by atoms with Crippen molar-refractivity contribution < 1.29 is 0 Å². The minimum atomic E-state index is -1.15. The average molecular weight is 343 g/mol. The van der Waals surface area contributed by atoms with Crippen LogP contribution in [0.25, 0.3) is 0 Å². The zero-order valence-corrected chi connectivity index (χ0v) is 16.4. The Morgan fingerprint density at radius 2 is 1.53 bits per heavy atom. The molecule has 0 unspecified atom stereocenters. The van der Waals surface area contributed by atoms with Gasteiger partial charge in [0.25, 0.3) is 0 Å². The third-order valence-corrected chi connectivity index (χ3v) is 16.3. The zero-order valence-electron chi connectivity index (χ0n) is 13.1. The predicted octanol–water partition coefficient (Wildman–Crippen LogP) is 4.81. The van der Waals surface area contributed by atoms with Gasteiger partial charge < -0.3 is 0 Å². The van der Waals surface area contributed by atoms with Crippen LogP contribution < -0.4 is 0 Å². The molecule has 0 N–H and O–H groups in total. The molecule has 0 fully saturated rings. The molecule has 1 nitrogen and oxygen atoms in total. The zero-order chi connectivity index (χ0) is 13.3. The monoisotopic (exact) mass is 343 g/mol. The van der Waals surface area contributed by atoms with Crippen LogP contribution in [0.1, 0.15) is 60.8 Å². The number of rotatable bonds is 10. The van der Waals surface area contributed by atoms with E-state index in [1.807, 2.05) is 0 Å². The van der Waals surface area contributed by atoms with E-state index in [0.29, 0.717) is 0 Å². The maximum absolute atomic E-state index is 2.66. The Hall–Kier alpha value is 0.830. The van der Waals surface area contributed by atoms with Gasteiger partial charge in [-0.15, -0.1) is 0 Å². The Labute approximate surface area is 118 Å². The van der Waals surface area contributed by atoms with E-state index in [-0.39, 0.29) is 0 Å². The molecule has 0 spiro atoms. The molecule has 0 aromatic heterocycles. The topological polar surface area (TPSA) is 3.24 Å². The fraction of sp³-hybridized carbons (Fsp3) is 1.00. The van der Waals surface area contributed by atoms with E-state index in [1.165, 1.54) is 32.4 Å². The van der Waals surface area contributed by atoms with Crippen molar-refractivity contribution in [3.63, 3.8) is 0 Å². The Balaban J connectivity index is 3.91. The van der Waals surface area contributed by atoms with Crippen molar-refractivity contribution in [2.45, 2.75) is 78.9 Å². The molecule has 0 bridgehead atoms. The second-order valence-corrected chi connectivity index (χ2v) is 17.5. The van der Waals surface area contributed by atoms with Gasteiger partial charge in [-0.1, -0.05) is 0 Å². The van der Waals surface area contributed by atoms with Gasteiger partial charge >= 0.3 is 118 Å². The summed E-state index contributed by atoms with van der Waals surface area (Å²) in [6.07, 6.45) is 4.20. The Kier molecular flexibility index (Phi) is 11.2. The van der Waals surface area contributed by atoms with E-state index in [4.69, 9.17) is 0 Å². The van der Waals surface area contributed by atoms with Crippen molar-refractivity contribution in [1.29, 1.82) is 0 Å². The summed E-state index contributed by atoms with van der Waals surface area (Å²) < 4.78 is 4.31. The van der Waals surface area contributed by atoms with Gasteiger partial charge in [0.2, 0.25) is 0 Å². The van der Waals surface area contributed by atoms with Crippen LogP contribution in [0.3, 0.4) is 0 Å². The maximum atomic E-state index is 2.66. The Morgan fingerprint density at radius 3 is 1.94 bits per heavy atom. The molecule has 0 aliphatic rings. The van der Waals surface area contributed by atoms with Gasteiger partial charge in [0.15, 0.2) is 0 Å². The first-order valence-corrected chi connectivity index (χ1v) is 14.3. The third kappa shape index (κ3) is 8.53. The normalized spacial score (nSPS) is 11.8. The summed E-state index contributed by atoms with van der Waals surface area (Å²) in [6, 6.07) is 0.730. The molecule has 0 aromatic rings. The van der Waals surface area contributed by atoms with Gasteiger partial charge in [-0.25, -0.2) is 0 Å². The molecule has 0 atom stereocenters. The molecule has 0 aliphatic carbocycles. The quantitative estimate of drug-likeness (QED) is 0.550. The van der Waals surface area contributed by atoms with Gasteiger partial charge in [-0.05, 0) is 0 Å². The van der Waals surface area contributed by atoms with E-state index in [9.17, 15) is 0 Å². The molecule has 0 amide bonds. The molecule has 102 valence electrons. The molecule has 0 aromatic carbocycles. The number of hydrogen-bond acceptors (Lipinski definition) is 1. The van der Waals surface area contributed by atoms with Crippen molar-refractivity contribution in [2.24, 2.45) is 0 Å². The molecule has 0 saturated carbocycles. The molecule has 0 aliphatic heterocycles. The molecule has 0 radical (unpaired) electrons. The molecule has 0 heterocycles. The van der Waals surface area contributed by atoms with Crippen molar-refractivity contribution in [1.82, 2.24) is 4.90 Å². The van der Waals surface area contributed by atoms with Crippen molar-refractivity contribution in [2.75, 3.05) is 13.1 Å². The molecule has 0 rings (SSSR count). The van der Waals surface area contributed by atoms with Gasteiger partial charge in [-0.3, -0.25) is 0 Å². The van der Waals surface area contributed by atoms with E-state index < -0.39 is 21.4 Å². The summed E-state index contributed by atoms with van der Waals surface area (Å²) in [6.45, 7) is 16.9. The summed E-state index contributed by atoms with van der Waals surface area (Å²) >= 11 is -1.15. The summed E-state index contributed by atoms with van der Waals surface area (Å²) in [5.74, 6) is 0. The van der Waals surface area contributed by atoms with Gasteiger partial charge in [0.1, 0.15) is 0 Å². The summed E-state index contributed by atoms with van der Waals surface area (Å²) in [5, 5.41) is 0. The van der Waals surface area contributed by atoms with Gasteiger partial charge in [-0.2, -0.15) is 0 Å². The average Bonchev–Trinajstić information content (AvgIpc) is 2.26. The summed E-state index contributed by atoms with van der Waals surface area (Å²) in [5.41, 5.74) is 0. The fourth-order valence-corrected chi connectivity index (χ4v) is 11.4. The predicted molar refractivity (Wildman–Crippen MR) is 82.4 cm³/mol. The second-order valence-electron chi connectivity index (χ2n) is 6.06. The minimum absolute atomic E-state index is 0.730. The first kappa shape index (κ1) is 17.8. The Morgan fingerprint density at radius 1 is 0.882 bits per heavy atom. The number of nitrogens with zero attached hydrogens (tertiary/aromatic N) is 1. The molecule has 17 heavy (non-hydrogen) atoms. The second kappa shape index (κ2) is 10.7. The van der Waals surface area contributed by atoms with Gasteiger partial charge in [0.05, 0.1) is 0 Å². The fourth-order valence-electron chi connectivity index (χ4n) is 2.65. The van der Waals surface area contributed by atoms with E-state index in [2.05, 4.69) is 46.4 Å². The van der Waals surface area contributed by atoms with Crippen LogP contribution in [0.4, 0.5) is 0 Å². The molecule has 0 saturated heterocycles. The van der Waals surface area contributed by atoms with Crippen LogP contribution >= 0.6 is 0 Å². The van der Waals surface area contributed by atoms with Crippen LogP contribution in [-0.4, -0.2) is 45.5 Å². The van der Waals surface area contributed by atoms with Crippen molar-refractivity contribution in [3.8, 4) is 0 Å². The van der Waals surface area contributed by atoms with E-state index in [1.54, 1.807) is 8.35 Å². The number of hydrogen-bond donors (Lipinski definition) is 0. The first-order valence-electron chi connectivity index (χ1n) is 7.76. The SMILES string of the molecule is CCCN(CC[CH2][In]([CH2]CC)[CH](C)C)C(C)C. The van der Waals surface area contributed by atoms with E-state index >= 15 is 0 Å². The van der Waals surface area contributed by atoms with Crippen LogP contribution in [0, 0.1) is 0 Å². The Bertz CT molecular complexity index is 150. The standard InChI is InChI=1S/C9H20N.2C3H7.In/c1-5-7-10(8-6-2)9(3)4;2*1-3-2;/h9H,1,5-8H2,2-4H3;3H,1-2H3;1,3H2,2H3;. The van der Waals surface area contributed by atoms with Crippen molar-refractivity contribution >= 4 is 21.4 Å². The molecular formula is C15H34InN. The molecular weight excluding hydrogens is 309 g/mol. The van der Waals surface area contributed by atoms with Crippen molar-refractivity contribution in [3.05, 3.63) is 0 Å². The third-order valence-electron chi connectivity index (χ3n) is 3.86. The van der Waals surface area contributed by atoms with Crippen LogP contribution in [0.15, 0.2) is 0 Å². The van der Waals surface area contributed by atoms with E-state index in [0.717, 1.165) is 9.72 Å². The summed E-state index contributed by atoms with van der Waals surface area (Å²) in [4.78, 5) is 2.66. The molecule has 2 heteroatoms. The van der Waals surface area contributed by atoms with Crippen LogP contribution in [-0.2, 0) is 0 Å².